The minimum atomic E-state index is -4.43. The summed E-state index contributed by atoms with van der Waals surface area (Å²) in [5, 5.41) is 15.7. The van der Waals surface area contributed by atoms with Crippen LogP contribution in [0, 0.1) is 10.1 Å². The molecule has 0 fully saturated rings. The largest absolute Gasteiger partial charge is 0.391 e. The van der Waals surface area contributed by atoms with Crippen LogP contribution in [0.1, 0.15) is 23.7 Å². The van der Waals surface area contributed by atoms with Gasteiger partial charge in [-0.2, -0.15) is 13.2 Å². The first-order valence-corrected chi connectivity index (χ1v) is 5.98. The molecule has 0 spiro atoms. The van der Waals surface area contributed by atoms with E-state index in [4.69, 9.17) is 0 Å². The molecule has 0 heterocycles. The summed E-state index contributed by atoms with van der Waals surface area (Å²) >= 11 is 0. The van der Waals surface area contributed by atoms with Crippen molar-refractivity contribution in [1.29, 1.82) is 0 Å². The van der Waals surface area contributed by atoms with Gasteiger partial charge in [0.15, 0.2) is 0 Å². The van der Waals surface area contributed by atoms with Gasteiger partial charge in [-0.25, -0.2) is 0 Å². The molecule has 0 radical (unpaired) electrons. The smallest absolute Gasteiger partial charge is 0.383 e. The maximum atomic E-state index is 12.2. The Bertz CT molecular complexity index is 546. The molecule has 1 atom stereocenters. The molecule has 6 nitrogen and oxygen atoms in total. The lowest BCUT2D eigenvalue weighted by atomic mass is 10.1. The highest BCUT2D eigenvalue weighted by Crippen LogP contribution is 2.28. The average molecular weight is 305 g/mol. The molecule has 116 valence electrons. The number of alkyl halides is 3. The number of nitro groups is 1. The highest BCUT2D eigenvalue weighted by Gasteiger charge is 2.32. The minimum Gasteiger partial charge on any atom is -0.383 e. The van der Waals surface area contributed by atoms with Crippen molar-refractivity contribution >= 4 is 17.3 Å². The summed E-state index contributed by atoms with van der Waals surface area (Å²) in [4.78, 5) is 22.2. The number of hydrogen-bond donors (Lipinski definition) is 2. The first-order chi connectivity index (χ1) is 9.65. The zero-order valence-corrected chi connectivity index (χ0v) is 11.3. The first-order valence-electron chi connectivity index (χ1n) is 5.98. The number of carbonyl (C=O) groups excluding carboxylic acids is 1. The van der Waals surface area contributed by atoms with Gasteiger partial charge in [0, 0.05) is 13.1 Å². The molecule has 2 N–H and O–H groups in total. The fourth-order valence-electron chi connectivity index (χ4n) is 1.82. The minimum absolute atomic E-state index is 0.108. The molecule has 0 saturated heterocycles. The number of nitrogens with one attached hydrogen (secondary N) is 2. The molecule has 0 aromatic heterocycles. The van der Waals surface area contributed by atoms with Gasteiger partial charge < -0.3 is 10.6 Å². The monoisotopic (exact) mass is 305 g/mol. The molecule has 1 aromatic rings. The van der Waals surface area contributed by atoms with Crippen molar-refractivity contribution in [2.45, 2.75) is 25.6 Å². The maximum absolute atomic E-state index is 12.2. The van der Waals surface area contributed by atoms with Gasteiger partial charge in [-0.3, -0.25) is 14.9 Å². The number of anilines is 1. The van der Waals surface area contributed by atoms with E-state index in [9.17, 15) is 28.1 Å². The summed E-state index contributed by atoms with van der Waals surface area (Å²) in [6.07, 6.45) is -5.64. The second-order valence-electron chi connectivity index (χ2n) is 4.40. The van der Waals surface area contributed by atoms with E-state index in [-0.39, 0.29) is 11.3 Å². The average Bonchev–Trinajstić information content (AvgIpc) is 2.34. The zero-order chi connectivity index (χ0) is 16.2. The van der Waals surface area contributed by atoms with E-state index >= 15 is 0 Å². The van der Waals surface area contributed by atoms with Crippen molar-refractivity contribution in [3.8, 4) is 0 Å². The summed E-state index contributed by atoms with van der Waals surface area (Å²) in [7, 11) is 1.44. The van der Waals surface area contributed by atoms with E-state index in [1.54, 1.807) is 0 Å². The van der Waals surface area contributed by atoms with Crippen LogP contribution in [0.4, 0.5) is 24.5 Å². The third-order valence-electron chi connectivity index (χ3n) is 2.65. The third-order valence-corrected chi connectivity index (χ3v) is 2.65. The number of amides is 1. The molecule has 0 aliphatic heterocycles. The Labute approximate surface area is 118 Å². The Balaban J connectivity index is 3.00. The molecule has 9 heteroatoms. The molecule has 21 heavy (non-hydrogen) atoms. The van der Waals surface area contributed by atoms with Crippen LogP contribution in [-0.4, -0.2) is 30.1 Å². The summed E-state index contributed by atoms with van der Waals surface area (Å²) in [6, 6.07) is 2.81. The van der Waals surface area contributed by atoms with Crippen LogP contribution in [0.3, 0.4) is 0 Å². The van der Waals surface area contributed by atoms with Crippen molar-refractivity contribution in [3.63, 3.8) is 0 Å². The molecule has 0 saturated carbocycles. The standard InChI is InChI=1S/C12H14F3N3O3/c1-7(6-12(13,14)15)17-11(19)8-4-3-5-9(16-2)10(8)18(20)21/h3-5,7,16H,6H2,1-2H3,(H,17,19). The van der Waals surface area contributed by atoms with Gasteiger partial charge in [0.2, 0.25) is 0 Å². The number of para-hydroxylation sites is 1. The number of benzene rings is 1. The number of hydrogen-bond acceptors (Lipinski definition) is 4. The van der Waals surface area contributed by atoms with Gasteiger partial charge in [-0.05, 0) is 19.1 Å². The Hall–Kier alpha value is -2.32. The van der Waals surface area contributed by atoms with Gasteiger partial charge >= 0.3 is 11.9 Å². The van der Waals surface area contributed by atoms with Crippen molar-refractivity contribution in [2.75, 3.05) is 12.4 Å². The zero-order valence-electron chi connectivity index (χ0n) is 11.3. The Morgan fingerprint density at radius 2 is 2.05 bits per heavy atom. The SMILES string of the molecule is CNc1cccc(C(=O)NC(C)CC(F)(F)F)c1[N+](=O)[O-]. The van der Waals surface area contributed by atoms with Crippen LogP contribution in [0.5, 0.6) is 0 Å². The number of nitrogens with zero attached hydrogens (tertiary/aromatic N) is 1. The fraction of sp³-hybridized carbons (Fsp3) is 0.417. The van der Waals surface area contributed by atoms with Crippen molar-refractivity contribution in [1.82, 2.24) is 5.32 Å². The van der Waals surface area contributed by atoms with Gasteiger partial charge in [0.05, 0.1) is 11.3 Å². The lowest BCUT2D eigenvalue weighted by molar-refractivity contribution is -0.384. The van der Waals surface area contributed by atoms with Gasteiger partial charge in [0.25, 0.3) is 5.91 Å². The molecule has 1 rings (SSSR count). The first kappa shape index (κ1) is 16.7. The van der Waals surface area contributed by atoms with Crippen LogP contribution < -0.4 is 10.6 Å². The van der Waals surface area contributed by atoms with Gasteiger partial charge in [-0.1, -0.05) is 6.07 Å². The molecule has 0 aliphatic carbocycles. The Morgan fingerprint density at radius 3 is 2.52 bits per heavy atom. The van der Waals surface area contributed by atoms with E-state index in [1.807, 2.05) is 0 Å². The summed E-state index contributed by atoms with van der Waals surface area (Å²) in [5.74, 6) is -0.921. The van der Waals surface area contributed by atoms with E-state index in [2.05, 4.69) is 10.6 Å². The van der Waals surface area contributed by atoms with Crippen molar-refractivity contribution in [2.24, 2.45) is 0 Å². The highest BCUT2D eigenvalue weighted by atomic mass is 19.4. The topological polar surface area (TPSA) is 84.3 Å². The molecule has 0 aliphatic rings. The number of rotatable bonds is 5. The van der Waals surface area contributed by atoms with E-state index < -0.39 is 35.2 Å². The normalized spacial score (nSPS) is 12.6. The number of nitro benzene ring substituents is 1. The summed E-state index contributed by atoms with van der Waals surface area (Å²) < 4.78 is 36.6. The predicted molar refractivity (Wildman–Crippen MR) is 70.2 cm³/mol. The van der Waals surface area contributed by atoms with Crippen LogP contribution in [0.15, 0.2) is 18.2 Å². The molecular weight excluding hydrogens is 291 g/mol. The van der Waals surface area contributed by atoms with Crippen molar-refractivity contribution < 1.29 is 22.9 Å². The third kappa shape index (κ3) is 4.62. The fourth-order valence-corrected chi connectivity index (χ4v) is 1.82. The van der Waals surface area contributed by atoms with E-state index in [1.165, 1.54) is 32.2 Å². The number of halogens is 3. The molecule has 1 amide bonds. The lowest BCUT2D eigenvalue weighted by Crippen LogP contribution is -2.36. The maximum Gasteiger partial charge on any atom is 0.391 e. The Kier molecular flexibility index (Phi) is 5.12. The molecule has 0 bridgehead atoms. The second kappa shape index (κ2) is 6.42. The van der Waals surface area contributed by atoms with Crippen LogP contribution in [-0.2, 0) is 0 Å². The Morgan fingerprint density at radius 1 is 1.43 bits per heavy atom. The predicted octanol–water partition coefficient (Wildman–Crippen LogP) is 2.71. The second-order valence-corrected chi connectivity index (χ2v) is 4.40. The molecule has 1 aromatic carbocycles. The van der Waals surface area contributed by atoms with E-state index in [0.717, 1.165) is 0 Å². The van der Waals surface area contributed by atoms with Crippen molar-refractivity contribution in [3.05, 3.63) is 33.9 Å². The van der Waals surface area contributed by atoms with E-state index in [0.29, 0.717) is 0 Å². The van der Waals surface area contributed by atoms with Crippen LogP contribution in [0.25, 0.3) is 0 Å². The summed E-state index contributed by atoms with van der Waals surface area (Å²) in [5.41, 5.74) is -0.659. The molecular formula is C12H14F3N3O3. The lowest BCUT2D eigenvalue weighted by Gasteiger charge is -2.16. The number of carbonyl (C=O) groups is 1. The summed E-state index contributed by atoms with van der Waals surface area (Å²) in [6.45, 7) is 1.18. The quantitative estimate of drug-likeness (QED) is 0.647. The highest BCUT2D eigenvalue weighted by molar-refractivity contribution is 6.00. The molecule has 1 unspecified atom stereocenters. The van der Waals surface area contributed by atoms with Crippen LogP contribution in [0.2, 0.25) is 0 Å². The van der Waals surface area contributed by atoms with Gasteiger partial charge in [0.1, 0.15) is 11.3 Å². The van der Waals surface area contributed by atoms with Gasteiger partial charge in [-0.15, -0.1) is 0 Å². The van der Waals surface area contributed by atoms with Crippen LogP contribution >= 0.6 is 0 Å².